The van der Waals surface area contributed by atoms with Crippen LogP contribution in [-0.4, -0.2) is 16.7 Å². The standard InChI is InChI=1S/C29H26N4O/c1-20-7-4-14-27-26(20)16-28(33(27)19-22-9-5-8-21(15-22)17-32-30)29(34)31-18-24-12-6-11-23-10-2-3-13-25(23)24/h2-17H,18-19,30H2,1H3,(H,31,34). The maximum atomic E-state index is 13.4. The Labute approximate surface area is 198 Å². The molecule has 0 unspecified atom stereocenters. The Kier molecular flexibility index (Phi) is 5.83. The van der Waals surface area contributed by atoms with E-state index in [1.165, 1.54) is 5.39 Å². The SMILES string of the molecule is Cc1cccc2c1cc(C(=O)NCc1cccc3ccccc13)n2Cc1cccc(C=NN)c1. The summed E-state index contributed by atoms with van der Waals surface area (Å²) in [5.41, 5.74) is 5.91. The normalized spacial score (nSPS) is 11.4. The maximum absolute atomic E-state index is 13.4. The summed E-state index contributed by atoms with van der Waals surface area (Å²) in [7, 11) is 0. The Morgan fingerprint density at radius 2 is 1.74 bits per heavy atom. The smallest absolute Gasteiger partial charge is 0.268 e. The number of benzene rings is 4. The van der Waals surface area contributed by atoms with Crippen LogP contribution < -0.4 is 11.2 Å². The van der Waals surface area contributed by atoms with Crippen LogP contribution in [0.4, 0.5) is 0 Å². The number of nitrogens with two attached hydrogens (primary N) is 1. The second-order valence-electron chi connectivity index (χ2n) is 8.47. The van der Waals surface area contributed by atoms with E-state index >= 15 is 0 Å². The Bertz CT molecular complexity index is 1530. The van der Waals surface area contributed by atoms with Crippen molar-refractivity contribution in [3.05, 3.63) is 119 Å². The molecule has 5 nitrogen and oxygen atoms in total. The molecule has 0 saturated heterocycles. The fourth-order valence-electron chi connectivity index (χ4n) is 4.54. The number of aromatic nitrogens is 1. The van der Waals surface area contributed by atoms with Crippen LogP contribution >= 0.6 is 0 Å². The quantitative estimate of drug-likeness (QED) is 0.209. The van der Waals surface area contributed by atoms with E-state index in [4.69, 9.17) is 5.84 Å². The van der Waals surface area contributed by atoms with Crippen LogP contribution in [-0.2, 0) is 13.1 Å². The second-order valence-corrected chi connectivity index (χ2v) is 8.47. The number of hydrogen-bond donors (Lipinski definition) is 2. The molecule has 5 heteroatoms. The van der Waals surface area contributed by atoms with Gasteiger partial charge in [-0.15, -0.1) is 0 Å². The molecule has 0 aliphatic heterocycles. The van der Waals surface area contributed by atoms with E-state index in [1.54, 1.807) is 6.21 Å². The number of hydrogen-bond acceptors (Lipinski definition) is 3. The molecule has 3 N–H and O–H groups in total. The topological polar surface area (TPSA) is 72.4 Å². The minimum Gasteiger partial charge on any atom is -0.347 e. The van der Waals surface area contributed by atoms with Crippen molar-refractivity contribution < 1.29 is 4.79 Å². The van der Waals surface area contributed by atoms with Gasteiger partial charge in [-0.3, -0.25) is 4.79 Å². The molecule has 0 aliphatic rings. The largest absolute Gasteiger partial charge is 0.347 e. The molecule has 1 aromatic heterocycles. The number of amides is 1. The van der Waals surface area contributed by atoms with Gasteiger partial charge in [0.1, 0.15) is 5.69 Å². The summed E-state index contributed by atoms with van der Waals surface area (Å²) in [6.07, 6.45) is 1.62. The highest BCUT2D eigenvalue weighted by Gasteiger charge is 2.17. The van der Waals surface area contributed by atoms with Gasteiger partial charge in [0.25, 0.3) is 5.91 Å². The predicted octanol–water partition coefficient (Wildman–Crippen LogP) is 5.37. The van der Waals surface area contributed by atoms with Crippen molar-refractivity contribution in [2.75, 3.05) is 0 Å². The molecule has 1 amide bonds. The Morgan fingerprint density at radius 3 is 2.62 bits per heavy atom. The zero-order valence-electron chi connectivity index (χ0n) is 19.0. The van der Waals surface area contributed by atoms with E-state index in [0.29, 0.717) is 18.8 Å². The minimum absolute atomic E-state index is 0.0943. The molecule has 0 saturated carbocycles. The number of fused-ring (bicyclic) bond motifs is 2. The molecule has 0 aliphatic carbocycles. The Morgan fingerprint density at radius 1 is 0.941 bits per heavy atom. The van der Waals surface area contributed by atoms with E-state index in [-0.39, 0.29) is 5.91 Å². The lowest BCUT2D eigenvalue weighted by Gasteiger charge is -2.13. The van der Waals surface area contributed by atoms with Crippen molar-refractivity contribution in [1.29, 1.82) is 0 Å². The number of nitrogens with zero attached hydrogens (tertiary/aromatic N) is 2. The average molecular weight is 447 g/mol. The van der Waals surface area contributed by atoms with Crippen molar-refractivity contribution in [2.24, 2.45) is 10.9 Å². The zero-order chi connectivity index (χ0) is 23.5. The van der Waals surface area contributed by atoms with Crippen LogP contribution in [0.1, 0.15) is 32.7 Å². The fourth-order valence-corrected chi connectivity index (χ4v) is 4.54. The second kappa shape index (κ2) is 9.24. The van der Waals surface area contributed by atoms with E-state index in [2.05, 4.69) is 58.3 Å². The first-order valence-electron chi connectivity index (χ1n) is 11.3. The lowest BCUT2D eigenvalue weighted by molar-refractivity contribution is 0.0942. The highest BCUT2D eigenvalue weighted by molar-refractivity contribution is 6.00. The molecule has 0 radical (unpaired) electrons. The van der Waals surface area contributed by atoms with E-state index in [1.807, 2.05) is 54.6 Å². The Balaban J connectivity index is 1.49. The van der Waals surface area contributed by atoms with Gasteiger partial charge < -0.3 is 15.7 Å². The predicted molar refractivity (Wildman–Crippen MR) is 139 cm³/mol. The first-order chi connectivity index (χ1) is 16.6. The van der Waals surface area contributed by atoms with E-state index in [9.17, 15) is 4.79 Å². The number of carbonyl (C=O) groups excluding carboxylic acids is 1. The molecule has 1 heterocycles. The van der Waals surface area contributed by atoms with Crippen LogP contribution in [0.15, 0.2) is 96.1 Å². The van der Waals surface area contributed by atoms with E-state index < -0.39 is 0 Å². The minimum atomic E-state index is -0.0943. The lowest BCUT2D eigenvalue weighted by Crippen LogP contribution is -2.25. The van der Waals surface area contributed by atoms with Crippen LogP contribution in [0, 0.1) is 6.92 Å². The van der Waals surface area contributed by atoms with Gasteiger partial charge in [0, 0.05) is 24.0 Å². The summed E-state index contributed by atoms with van der Waals surface area (Å²) >= 11 is 0. The zero-order valence-corrected chi connectivity index (χ0v) is 19.0. The van der Waals surface area contributed by atoms with Gasteiger partial charge in [0.05, 0.1) is 6.21 Å². The molecule has 168 valence electrons. The number of rotatable bonds is 6. The van der Waals surface area contributed by atoms with Gasteiger partial charge in [-0.25, -0.2) is 0 Å². The third-order valence-electron chi connectivity index (χ3n) is 6.23. The van der Waals surface area contributed by atoms with Gasteiger partial charge in [-0.2, -0.15) is 5.10 Å². The summed E-state index contributed by atoms with van der Waals surface area (Å²) in [6.45, 7) is 3.10. The molecule has 0 fully saturated rings. The molecule has 34 heavy (non-hydrogen) atoms. The summed E-state index contributed by atoms with van der Waals surface area (Å²) < 4.78 is 2.08. The number of hydrazone groups is 1. The van der Waals surface area contributed by atoms with Crippen molar-refractivity contribution >= 4 is 33.8 Å². The highest BCUT2D eigenvalue weighted by atomic mass is 16.1. The summed E-state index contributed by atoms with van der Waals surface area (Å²) in [5, 5.41) is 10.2. The maximum Gasteiger partial charge on any atom is 0.268 e. The lowest BCUT2D eigenvalue weighted by atomic mass is 10.0. The molecular formula is C29H26N4O. The number of carbonyl (C=O) groups is 1. The van der Waals surface area contributed by atoms with Gasteiger partial charge in [-0.05, 0) is 58.1 Å². The molecule has 5 aromatic rings. The van der Waals surface area contributed by atoms with Crippen molar-refractivity contribution in [3.8, 4) is 0 Å². The van der Waals surface area contributed by atoms with Crippen LogP contribution in [0.3, 0.4) is 0 Å². The third kappa shape index (κ3) is 4.16. The van der Waals surface area contributed by atoms with Gasteiger partial charge in [-0.1, -0.05) is 72.8 Å². The first kappa shape index (κ1) is 21.5. The van der Waals surface area contributed by atoms with Gasteiger partial charge in [0.2, 0.25) is 0 Å². The molecule has 0 spiro atoms. The average Bonchev–Trinajstić information content (AvgIpc) is 3.22. The summed E-state index contributed by atoms with van der Waals surface area (Å²) in [6, 6.07) is 30.6. The molecule has 0 atom stereocenters. The van der Waals surface area contributed by atoms with Crippen LogP contribution in [0.5, 0.6) is 0 Å². The summed E-state index contributed by atoms with van der Waals surface area (Å²) in [4.78, 5) is 13.4. The molecule has 0 bridgehead atoms. The van der Waals surface area contributed by atoms with Crippen LogP contribution in [0.25, 0.3) is 21.7 Å². The Hall–Kier alpha value is -4.38. The van der Waals surface area contributed by atoms with Crippen molar-refractivity contribution in [1.82, 2.24) is 9.88 Å². The van der Waals surface area contributed by atoms with Crippen LogP contribution in [0.2, 0.25) is 0 Å². The fraction of sp³-hybridized carbons (Fsp3) is 0.103. The monoisotopic (exact) mass is 446 g/mol. The van der Waals surface area contributed by atoms with Crippen molar-refractivity contribution in [3.63, 3.8) is 0 Å². The highest BCUT2D eigenvalue weighted by Crippen LogP contribution is 2.25. The van der Waals surface area contributed by atoms with Gasteiger partial charge in [0.15, 0.2) is 0 Å². The summed E-state index contributed by atoms with van der Waals surface area (Å²) in [5.74, 6) is 5.23. The van der Waals surface area contributed by atoms with E-state index in [0.717, 1.165) is 38.5 Å². The molecular weight excluding hydrogens is 420 g/mol. The number of aryl methyl sites for hydroxylation is 1. The van der Waals surface area contributed by atoms with Gasteiger partial charge >= 0.3 is 0 Å². The molecule has 5 rings (SSSR count). The van der Waals surface area contributed by atoms with Crippen molar-refractivity contribution in [2.45, 2.75) is 20.0 Å². The first-order valence-corrected chi connectivity index (χ1v) is 11.3. The number of nitrogens with one attached hydrogen (secondary N) is 1. The molecule has 4 aromatic carbocycles. The third-order valence-corrected chi connectivity index (χ3v) is 6.23.